The molecule has 0 aromatic heterocycles. The summed E-state index contributed by atoms with van der Waals surface area (Å²) in [6, 6.07) is 13.5. The van der Waals surface area contributed by atoms with Crippen molar-refractivity contribution in [1.82, 2.24) is 0 Å². The van der Waals surface area contributed by atoms with Gasteiger partial charge in [-0.1, -0.05) is 49.2 Å². The van der Waals surface area contributed by atoms with E-state index in [0.29, 0.717) is 26.8 Å². The van der Waals surface area contributed by atoms with Crippen LogP contribution < -0.4 is 10.6 Å². The Morgan fingerprint density at radius 3 is 2.41 bits per heavy atom. The molecule has 0 aliphatic carbocycles. The maximum atomic E-state index is 6.11. The second kappa shape index (κ2) is 7.82. The first-order valence-electron chi connectivity index (χ1n) is 7.12. The van der Waals surface area contributed by atoms with Crippen molar-refractivity contribution in [2.24, 2.45) is 0 Å². The third-order valence-electron chi connectivity index (χ3n) is 3.53. The Kier molecular flexibility index (Phi) is 6.07. The average Bonchev–Trinajstić information content (AvgIpc) is 2.51. The van der Waals surface area contributed by atoms with Crippen LogP contribution in [-0.4, -0.2) is 5.11 Å². The van der Waals surface area contributed by atoms with Crippen LogP contribution in [0.3, 0.4) is 0 Å². The Hall–Kier alpha value is -1.29. The first kappa shape index (κ1) is 17.1. The highest BCUT2D eigenvalue weighted by atomic mass is 35.5. The van der Waals surface area contributed by atoms with E-state index in [4.69, 9.17) is 35.4 Å². The standard InChI is InChI=1S/C17H18Cl2N2S/c1-3-11(2)12-4-7-14(8-5-12)20-17(22)21-16-10-13(18)6-9-15(16)19/h4-11H,3H2,1-2H3,(H2,20,21,22). The van der Waals surface area contributed by atoms with Crippen molar-refractivity contribution in [1.29, 1.82) is 0 Å². The summed E-state index contributed by atoms with van der Waals surface area (Å²) in [4.78, 5) is 0. The molecule has 22 heavy (non-hydrogen) atoms. The van der Waals surface area contributed by atoms with E-state index < -0.39 is 0 Å². The molecule has 2 N–H and O–H groups in total. The third kappa shape index (κ3) is 4.60. The fourth-order valence-electron chi connectivity index (χ4n) is 2.01. The van der Waals surface area contributed by atoms with Crippen LogP contribution in [0.1, 0.15) is 31.7 Å². The van der Waals surface area contributed by atoms with Crippen LogP contribution in [0, 0.1) is 0 Å². The number of benzene rings is 2. The van der Waals surface area contributed by atoms with Crippen molar-refractivity contribution < 1.29 is 0 Å². The van der Waals surface area contributed by atoms with Crippen molar-refractivity contribution in [3.8, 4) is 0 Å². The van der Waals surface area contributed by atoms with Crippen molar-refractivity contribution in [3.63, 3.8) is 0 Å². The average molecular weight is 353 g/mol. The molecule has 116 valence electrons. The summed E-state index contributed by atoms with van der Waals surface area (Å²) < 4.78 is 0. The first-order chi connectivity index (χ1) is 10.5. The molecule has 2 nitrogen and oxygen atoms in total. The van der Waals surface area contributed by atoms with Gasteiger partial charge in [-0.3, -0.25) is 0 Å². The minimum Gasteiger partial charge on any atom is -0.332 e. The van der Waals surface area contributed by atoms with E-state index in [1.54, 1.807) is 18.2 Å². The normalized spacial score (nSPS) is 11.8. The molecule has 0 heterocycles. The van der Waals surface area contributed by atoms with E-state index in [9.17, 15) is 0 Å². The van der Waals surface area contributed by atoms with Gasteiger partial charge < -0.3 is 10.6 Å². The fraction of sp³-hybridized carbons (Fsp3) is 0.235. The quantitative estimate of drug-likeness (QED) is 0.629. The van der Waals surface area contributed by atoms with Gasteiger partial charge in [0, 0.05) is 10.7 Å². The summed E-state index contributed by atoms with van der Waals surface area (Å²) >= 11 is 17.4. The number of anilines is 2. The molecular formula is C17H18Cl2N2S. The Bertz CT molecular complexity index is 656. The lowest BCUT2D eigenvalue weighted by atomic mass is 9.99. The van der Waals surface area contributed by atoms with Crippen molar-refractivity contribution in [2.75, 3.05) is 10.6 Å². The van der Waals surface area contributed by atoms with Gasteiger partial charge in [-0.05, 0) is 60.5 Å². The van der Waals surface area contributed by atoms with Gasteiger partial charge in [0.1, 0.15) is 0 Å². The van der Waals surface area contributed by atoms with E-state index in [2.05, 4.69) is 36.6 Å². The van der Waals surface area contributed by atoms with Crippen molar-refractivity contribution in [3.05, 3.63) is 58.1 Å². The van der Waals surface area contributed by atoms with Gasteiger partial charge in [0.05, 0.1) is 10.7 Å². The molecule has 0 saturated carbocycles. The lowest BCUT2D eigenvalue weighted by molar-refractivity contribution is 0.734. The number of hydrogen-bond acceptors (Lipinski definition) is 1. The molecule has 2 rings (SSSR count). The van der Waals surface area contributed by atoms with Gasteiger partial charge in [-0.25, -0.2) is 0 Å². The van der Waals surface area contributed by atoms with Gasteiger partial charge in [-0.2, -0.15) is 0 Å². The summed E-state index contributed by atoms with van der Waals surface area (Å²) in [5, 5.41) is 7.84. The topological polar surface area (TPSA) is 24.1 Å². The molecule has 0 spiro atoms. The molecule has 1 atom stereocenters. The summed E-state index contributed by atoms with van der Waals surface area (Å²) in [5.74, 6) is 0.560. The molecule has 0 bridgehead atoms. The van der Waals surface area contributed by atoms with Crippen LogP contribution in [0.4, 0.5) is 11.4 Å². The Labute approximate surface area is 146 Å². The zero-order chi connectivity index (χ0) is 16.1. The highest BCUT2D eigenvalue weighted by molar-refractivity contribution is 7.80. The second-order valence-electron chi connectivity index (χ2n) is 5.13. The molecule has 5 heteroatoms. The van der Waals surface area contributed by atoms with E-state index in [-0.39, 0.29) is 0 Å². The van der Waals surface area contributed by atoms with Gasteiger partial charge in [0.25, 0.3) is 0 Å². The Morgan fingerprint density at radius 2 is 1.77 bits per heavy atom. The van der Waals surface area contributed by atoms with Gasteiger partial charge in [0.15, 0.2) is 5.11 Å². The second-order valence-corrected chi connectivity index (χ2v) is 6.39. The minimum absolute atomic E-state index is 0.473. The Balaban J connectivity index is 2.01. The number of hydrogen-bond donors (Lipinski definition) is 2. The minimum atomic E-state index is 0.473. The largest absolute Gasteiger partial charge is 0.332 e. The summed E-state index contributed by atoms with van der Waals surface area (Å²) in [6.07, 6.45) is 1.13. The molecule has 0 aliphatic heterocycles. The number of rotatable bonds is 4. The van der Waals surface area contributed by atoms with Crippen LogP contribution in [0.2, 0.25) is 10.0 Å². The molecule has 2 aromatic carbocycles. The summed E-state index contributed by atoms with van der Waals surface area (Å²) in [5.41, 5.74) is 2.94. The zero-order valence-corrected chi connectivity index (χ0v) is 14.8. The summed E-state index contributed by atoms with van der Waals surface area (Å²) in [6.45, 7) is 4.40. The Morgan fingerprint density at radius 1 is 1.09 bits per heavy atom. The number of nitrogens with one attached hydrogen (secondary N) is 2. The van der Waals surface area contributed by atoms with E-state index in [1.807, 2.05) is 12.1 Å². The predicted octanol–water partition coefficient (Wildman–Crippen LogP) is 6.32. The maximum absolute atomic E-state index is 6.11. The summed E-state index contributed by atoms with van der Waals surface area (Å²) in [7, 11) is 0. The molecular weight excluding hydrogens is 335 g/mol. The van der Waals surface area contributed by atoms with Crippen LogP contribution in [0.5, 0.6) is 0 Å². The highest BCUT2D eigenvalue weighted by Crippen LogP contribution is 2.26. The van der Waals surface area contributed by atoms with Crippen LogP contribution in [0.25, 0.3) is 0 Å². The van der Waals surface area contributed by atoms with Crippen LogP contribution in [-0.2, 0) is 0 Å². The van der Waals surface area contributed by atoms with Gasteiger partial charge >= 0.3 is 0 Å². The monoisotopic (exact) mass is 352 g/mol. The molecule has 0 aliphatic rings. The molecule has 0 fully saturated rings. The van der Waals surface area contributed by atoms with E-state index in [0.717, 1.165) is 12.1 Å². The molecule has 1 unspecified atom stereocenters. The predicted molar refractivity (Wildman–Crippen MR) is 101 cm³/mol. The lowest BCUT2D eigenvalue weighted by Crippen LogP contribution is -2.19. The smallest absolute Gasteiger partial charge is 0.175 e. The molecule has 0 amide bonds. The van der Waals surface area contributed by atoms with Crippen LogP contribution in [0.15, 0.2) is 42.5 Å². The first-order valence-corrected chi connectivity index (χ1v) is 8.29. The van der Waals surface area contributed by atoms with Crippen LogP contribution >= 0.6 is 35.4 Å². The molecule has 0 saturated heterocycles. The maximum Gasteiger partial charge on any atom is 0.175 e. The van der Waals surface area contributed by atoms with E-state index in [1.165, 1.54) is 5.56 Å². The van der Waals surface area contributed by atoms with Crippen molar-refractivity contribution >= 4 is 51.9 Å². The zero-order valence-electron chi connectivity index (χ0n) is 12.5. The SMILES string of the molecule is CCC(C)c1ccc(NC(=S)Nc2cc(Cl)ccc2Cl)cc1. The van der Waals surface area contributed by atoms with Gasteiger partial charge in [-0.15, -0.1) is 0 Å². The lowest BCUT2D eigenvalue weighted by Gasteiger charge is -2.13. The molecule has 0 radical (unpaired) electrons. The molecule has 2 aromatic rings. The highest BCUT2D eigenvalue weighted by Gasteiger charge is 2.05. The van der Waals surface area contributed by atoms with E-state index >= 15 is 0 Å². The number of halogens is 2. The van der Waals surface area contributed by atoms with Gasteiger partial charge in [0.2, 0.25) is 0 Å². The fourth-order valence-corrected chi connectivity index (χ4v) is 2.57. The third-order valence-corrected chi connectivity index (χ3v) is 4.30. The number of thiocarbonyl (C=S) groups is 1. The van der Waals surface area contributed by atoms with Crippen molar-refractivity contribution in [2.45, 2.75) is 26.2 Å².